The second-order valence-electron chi connectivity index (χ2n) is 3.84. The zero-order chi connectivity index (χ0) is 8.67. The molecular weight excluding hydrogens is 160 g/mol. The summed E-state index contributed by atoms with van der Waals surface area (Å²) in [5.74, 6) is 0. The van der Waals surface area contributed by atoms with Crippen LogP contribution in [0.2, 0.25) is 0 Å². The van der Waals surface area contributed by atoms with Crippen molar-refractivity contribution in [2.45, 2.75) is 18.9 Å². The van der Waals surface area contributed by atoms with E-state index in [1.165, 1.54) is 37.3 Å². The Morgan fingerprint density at radius 3 is 2.31 bits per heavy atom. The molecule has 0 bridgehead atoms. The SMILES string of the molecule is c1ccc2c(c1)N2C1CCNCC1. The number of benzene rings is 1. The fourth-order valence-corrected chi connectivity index (χ4v) is 2.29. The third-order valence-electron chi connectivity index (χ3n) is 3.02. The molecule has 2 aliphatic rings. The van der Waals surface area contributed by atoms with E-state index in [0.29, 0.717) is 0 Å². The monoisotopic (exact) mass is 174 g/mol. The molecule has 0 saturated carbocycles. The lowest BCUT2D eigenvalue weighted by molar-refractivity contribution is 0.463. The van der Waals surface area contributed by atoms with Crippen LogP contribution in [-0.2, 0) is 0 Å². The van der Waals surface area contributed by atoms with Gasteiger partial charge in [0.15, 0.2) is 0 Å². The largest absolute Gasteiger partial charge is 0.335 e. The summed E-state index contributed by atoms with van der Waals surface area (Å²) in [7, 11) is 0. The van der Waals surface area contributed by atoms with Gasteiger partial charge < -0.3 is 10.2 Å². The number of hydrogen-bond acceptors (Lipinski definition) is 2. The fourth-order valence-electron chi connectivity index (χ4n) is 2.29. The molecule has 2 nitrogen and oxygen atoms in total. The number of rotatable bonds is 1. The second-order valence-corrected chi connectivity index (χ2v) is 3.84. The van der Waals surface area contributed by atoms with Gasteiger partial charge in [0.25, 0.3) is 0 Å². The predicted molar refractivity (Wildman–Crippen MR) is 54.5 cm³/mol. The van der Waals surface area contributed by atoms with Gasteiger partial charge in [-0.05, 0) is 38.1 Å². The lowest BCUT2D eigenvalue weighted by atomic mass is 10.1. The summed E-state index contributed by atoms with van der Waals surface area (Å²) in [6.07, 6.45) is 2.57. The van der Waals surface area contributed by atoms with Crippen LogP contribution in [0.1, 0.15) is 12.8 Å². The predicted octanol–water partition coefficient (Wildman–Crippen LogP) is 1.89. The number of hydrogen-bond donors (Lipinski definition) is 1. The lowest BCUT2D eigenvalue weighted by Crippen LogP contribution is -2.36. The highest BCUT2D eigenvalue weighted by Gasteiger charge is 2.34. The molecule has 2 aliphatic heterocycles. The van der Waals surface area contributed by atoms with E-state index >= 15 is 0 Å². The number of piperidine rings is 1. The normalized spacial score (nSPS) is 21.4. The first kappa shape index (κ1) is 7.39. The second kappa shape index (κ2) is 2.74. The van der Waals surface area contributed by atoms with Gasteiger partial charge in [-0.2, -0.15) is 0 Å². The Hall–Kier alpha value is -1.02. The summed E-state index contributed by atoms with van der Waals surface area (Å²) < 4.78 is 0. The summed E-state index contributed by atoms with van der Waals surface area (Å²) >= 11 is 0. The van der Waals surface area contributed by atoms with E-state index in [0.717, 1.165) is 6.04 Å². The molecule has 0 radical (unpaired) electrons. The van der Waals surface area contributed by atoms with E-state index in [4.69, 9.17) is 0 Å². The summed E-state index contributed by atoms with van der Waals surface area (Å²) in [4.78, 5) is 2.49. The van der Waals surface area contributed by atoms with Crippen molar-refractivity contribution in [3.63, 3.8) is 0 Å². The number of anilines is 2. The van der Waals surface area contributed by atoms with Crippen LogP contribution in [0.15, 0.2) is 24.3 Å². The van der Waals surface area contributed by atoms with Gasteiger partial charge in [0.1, 0.15) is 0 Å². The number of fused-ring (bicyclic) bond motifs is 1. The van der Waals surface area contributed by atoms with Gasteiger partial charge in [-0.25, -0.2) is 0 Å². The van der Waals surface area contributed by atoms with Gasteiger partial charge in [0.05, 0.1) is 11.4 Å². The smallest absolute Gasteiger partial charge is 0.0655 e. The van der Waals surface area contributed by atoms with Crippen LogP contribution in [0.3, 0.4) is 0 Å². The number of nitrogens with zero attached hydrogens (tertiary/aromatic N) is 1. The first-order valence-corrected chi connectivity index (χ1v) is 5.06. The molecule has 0 aromatic heterocycles. The molecule has 1 aromatic rings. The molecule has 0 atom stereocenters. The summed E-state index contributed by atoms with van der Waals surface area (Å²) in [5.41, 5.74) is 2.91. The Morgan fingerprint density at radius 2 is 1.69 bits per heavy atom. The van der Waals surface area contributed by atoms with Crippen LogP contribution in [-0.4, -0.2) is 19.1 Å². The Morgan fingerprint density at radius 1 is 1.08 bits per heavy atom. The minimum absolute atomic E-state index is 0.763. The maximum absolute atomic E-state index is 3.40. The zero-order valence-electron chi connectivity index (χ0n) is 7.66. The van der Waals surface area contributed by atoms with Crippen LogP contribution in [0.25, 0.3) is 0 Å². The fraction of sp³-hybridized carbons (Fsp3) is 0.455. The molecule has 1 aromatic carbocycles. The van der Waals surface area contributed by atoms with Crippen LogP contribution in [0.4, 0.5) is 11.4 Å². The highest BCUT2D eigenvalue weighted by Crippen LogP contribution is 2.50. The molecule has 0 spiro atoms. The minimum Gasteiger partial charge on any atom is -0.335 e. The minimum atomic E-state index is 0.763. The van der Waals surface area contributed by atoms with E-state index < -0.39 is 0 Å². The van der Waals surface area contributed by atoms with Crippen molar-refractivity contribution in [1.29, 1.82) is 0 Å². The molecule has 13 heavy (non-hydrogen) atoms. The first-order chi connectivity index (χ1) is 6.47. The molecule has 0 unspecified atom stereocenters. The number of nitrogens with one attached hydrogen (secondary N) is 1. The van der Waals surface area contributed by atoms with Crippen molar-refractivity contribution < 1.29 is 0 Å². The van der Waals surface area contributed by atoms with Crippen molar-refractivity contribution in [2.24, 2.45) is 0 Å². The summed E-state index contributed by atoms with van der Waals surface area (Å²) in [6, 6.07) is 9.45. The first-order valence-electron chi connectivity index (χ1n) is 5.06. The van der Waals surface area contributed by atoms with E-state index in [1.807, 2.05) is 0 Å². The molecule has 1 saturated heterocycles. The van der Waals surface area contributed by atoms with E-state index in [-0.39, 0.29) is 0 Å². The topological polar surface area (TPSA) is 15.0 Å². The van der Waals surface area contributed by atoms with Crippen molar-refractivity contribution in [1.82, 2.24) is 5.32 Å². The molecule has 0 amide bonds. The Labute approximate surface area is 78.6 Å². The molecule has 2 heteroatoms. The maximum atomic E-state index is 3.40. The highest BCUT2D eigenvalue weighted by molar-refractivity contribution is 5.93. The third kappa shape index (κ3) is 1.13. The zero-order valence-corrected chi connectivity index (χ0v) is 7.66. The standard InChI is InChI=1S/C11H14N2/c1-2-4-11-10(3-1)13(11)9-5-7-12-8-6-9/h1-4,9,12H,5-8H2. The molecule has 3 rings (SSSR count). The quantitative estimate of drug-likeness (QED) is 0.654. The molecule has 68 valence electrons. The molecule has 2 heterocycles. The highest BCUT2D eigenvalue weighted by atomic mass is 15.3. The Kier molecular flexibility index (Phi) is 1.56. The maximum Gasteiger partial charge on any atom is 0.0655 e. The summed E-state index contributed by atoms with van der Waals surface area (Å²) in [6.45, 7) is 2.35. The lowest BCUT2D eigenvalue weighted by Gasteiger charge is -2.24. The van der Waals surface area contributed by atoms with Crippen LogP contribution in [0, 0.1) is 0 Å². The average Bonchev–Trinajstić information content (AvgIpc) is 2.93. The van der Waals surface area contributed by atoms with Crippen molar-refractivity contribution >= 4 is 11.4 Å². The van der Waals surface area contributed by atoms with Gasteiger partial charge in [-0.1, -0.05) is 12.1 Å². The van der Waals surface area contributed by atoms with Gasteiger partial charge in [-0.3, -0.25) is 0 Å². The van der Waals surface area contributed by atoms with Gasteiger partial charge >= 0.3 is 0 Å². The Balaban J connectivity index is 1.76. The van der Waals surface area contributed by atoms with Crippen LogP contribution < -0.4 is 10.2 Å². The molecular formula is C11H14N2. The molecule has 1 N–H and O–H groups in total. The van der Waals surface area contributed by atoms with E-state index in [9.17, 15) is 0 Å². The van der Waals surface area contributed by atoms with E-state index in [2.05, 4.69) is 34.5 Å². The van der Waals surface area contributed by atoms with Crippen molar-refractivity contribution in [3.8, 4) is 0 Å². The van der Waals surface area contributed by atoms with Gasteiger partial charge in [0.2, 0.25) is 0 Å². The average molecular weight is 174 g/mol. The van der Waals surface area contributed by atoms with Gasteiger partial charge in [-0.15, -0.1) is 0 Å². The number of para-hydroxylation sites is 2. The Bertz CT molecular complexity index is 293. The van der Waals surface area contributed by atoms with Crippen LogP contribution in [0.5, 0.6) is 0 Å². The van der Waals surface area contributed by atoms with Crippen LogP contribution >= 0.6 is 0 Å². The summed E-state index contributed by atoms with van der Waals surface area (Å²) in [5, 5.41) is 3.40. The van der Waals surface area contributed by atoms with Crippen molar-refractivity contribution in [2.75, 3.05) is 18.0 Å². The van der Waals surface area contributed by atoms with Gasteiger partial charge in [0, 0.05) is 6.04 Å². The van der Waals surface area contributed by atoms with Crippen molar-refractivity contribution in [3.05, 3.63) is 24.3 Å². The molecule has 1 fully saturated rings. The molecule has 0 aliphatic carbocycles. The third-order valence-corrected chi connectivity index (χ3v) is 3.02. The van der Waals surface area contributed by atoms with E-state index in [1.54, 1.807) is 0 Å².